The molecule has 8 heteroatoms. The van der Waals surface area contributed by atoms with Gasteiger partial charge in [-0.2, -0.15) is 8.78 Å². The molecule has 0 fully saturated rings. The molecule has 0 aliphatic heterocycles. The van der Waals surface area contributed by atoms with E-state index in [0.29, 0.717) is 17.1 Å². The largest absolute Gasteiger partial charge is 0.435 e. The molecule has 1 heterocycles. The Morgan fingerprint density at radius 1 is 1.09 bits per heavy atom. The average molecular weight is 320 g/mol. The molecule has 23 heavy (non-hydrogen) atoms. The van der Waals surface area contributed by atoms with Crippen LogP contribution in [0.25, 0.3) is 17.1 Å². The number of nitrogen functional groups attached to an aromatic ring is 1. The van der Waals surface area contributed by atoms with E-state index in [0.717, 1.165) is 0 Å². The summed E-state index contributed by atoms with van der Waals surface area (Å²) in [4.78, 5) is 4.10. The van der Waals surface area contributed by atoms with E-state index in [1.54, 1.807) is 18.2 Å². The molecule has 1 aromatic heterocycles. The van der Waals surface area contributed by atoms with Crippen molar-refractivity contribution in [3.05, 3.63) is 54.6 Å². The maximum absolute atomic E-state index is 13.5. The van der Waals surface area contributed by atoms with Crippen LogP contribution in [0.1, 0.15) is 0 Å². The standard InChI is InChI=1S/C15H11F3N4O/c16-12-7-9(1-6-13(12)19)14-20-8-22(21-14)10-2-4-11(5-3-10)23-15(17)18/h1-8,15H,19H2. The number of aromatic nitrogens is 3. The van der Waals surface area contributed by atoms with E-state index < -0.39 is 12.4 Å². The number of nitrogens with two attached hydrogens (primary N) is 1. The molecule has 0 bridgehead atoms. The maximum atomic E-state index is 13.5. The van der Waals surface area contributed by atoms with Crippen molar-refractivity contribution in [1.29, 1.82) is 0 Å². The second-order valence-electron chi connectivity index (χ2n) is 4.62. The fourth-order valence-electron chi connectivity index (χ4n) is 1.97. The van der Waals surface area contributed by atoms with Crippen LogP contribution in [0.4, 0.5) is 18.9 Å². The Balaban J connectivity index is 1.85. The van der Waals surface area contributed by atoms with Crippen molar-refractivity contribution in [2.24, 2.45) is 0 Å². The average Bonchev–Trinajstić information content (AvgIpc) is 3.00. The first-order valence-corrected chi connectivity index (χ1v) is 6.55. The molecule has 0 atom stereocenters. The molecule has 0 spiro atoms. The summed E-state index contributed by atoms with van der Waals surface area (Å²) in [6, 6.07) is 10.2. The van der Waals surface area contributed by atoms with Crippen molar-refractivity contribution in [2.75, 3.05) is 5.73 Å². The lowest BCUT2D eigenvalue weighted by molar-refractivity contribution is -0.0498. The Morgan fingerprint density at radius 2 is 1.83 bits per heavy atom. The number of alkyl halides is 2. The molecule has 2 aromatic carbocycles. The maximum Gasteiger partial charge on any atom is 0.387 e. The number of benzene rings is 2. The quantitative estimate of drug-likeness (QED) is 0.749. The van der Waals surface area contributed by atoms with E-state index >= 15 is 0 Å². The first-order chi connectivity index (χ1) is 11.0. The highest BCUT2D eigenvalue weighted by molar-refractivity contribution is 5.59. The summed E-state index contributed by atoms with van der Waals surface area (Å²) in [7, 11) is 0. The van der Waals surface area contributed by atoms with Gasteiger partial charge in [0.2, 0.25) is 0 Å². The molecular formula is C15H11F3N4O. The summed E-state index contributed by atoms with van der Waals surface area (Å²) in [6.45, 7) is -2.88. The van der Waals surface area contributed by atoms with Gasteiger partial charge < -0.3 is 10.5 Å². The molecule has 0 saturated heterocycles. The van der Waals surface area contributed by atoms with Crippen LogP contribution in [-0.4, -0.2) is 21.4 Å². The topological polar surface area (TPSA) is 66.0 Å². The predicted octanol–water partition coefficient (Wildman–Crippen LogP) is 3.26. The highest BCUT2D eigenvalue weighted by Gasteiger charge is 2.09. The highest BCUT2D eigenvalue weighted by Crippen LogP contribution is 2.21. The van der Waals surface area contributed by atoms with Crippen LogP contribution in [0, 0.1) is 5.82 Å². The molecule has 2 N–H and O–H groups in total. The summed E-state index contributed by atoms with van der Waals surface area (Å²) in [5, 5.41) is 4.22. The number of anilines is 1. The number of hydrogen-bond acceptors (Lipinski definition) is 4. The summed E-state index contributed by atoms with van der Waals surface area (Å²) >= 11 is 0. The minimum absolute atomic E-state index is 0.0443. The second-order valence-corrected chi connectivity index (χ2v) is 4.62. The molecule has 0 aliphatic carbocycles. The third-order valence-corrected chi connectivity index (χ3v) is 3.08. The van der Waals surface area contributed by atoms with Crippen LogP contribution in [0.15, 0.2) is 48.8 Å². The zero-order chi connectivity index (χ0) is 16.4. The third kappa shape index (κ3) is 3.25. The normalized spacial score (nSPS) is 11.0. The molecule has 0 amide bonds. The Morgan fingerprint density at radius 3 is 2.48 bits per heavy atom. The van der Waals surface area contributed by atoms with Gasteiger partial charge in [-0.05, 0) is 42.5 Å². The Bertz CT molecular complexity index is 818. The van der Waals surface area contributed by atoms with Crippen LogP contribution in [-0.2, 0) is 0 Å². The van der Waals surface area contributed by atoms with Gasteiger partial charge in [0.1, 0.15) is 17.9 Å². The molecule has 3 rings (SSSR count). The third-order valence-electron chi connectivity index (χ3n) is 3.08. The van der Waals surface area contributed by atoms with Gasteiger partial charge in [0.25, 0.3) is 0 Å². The van der Waals surface area contributed by atoms with Gasteiger partial charge in [0.15, 0.2) is 5.82 Å². The van der Waals surface area contributed by atoms with Crippen LogP contribution >= 0.6 is 0 Å². The smallest absolute Gasteiger partial charge is 0.387 e. The Hall–Kier alpha value is -3.03. The predicted molar refractivity (Wildman–Crippen MR) is 77.8 cm³/mol. The Labute approximate surface area is 129 Å². The van der Waals surface area contributed by atoms with Crippen molar-refractivity contribution in [3.8, 4) is 22.8 Å². The second kappa shape index (κ2) is 5.99. The van der Waals surface area contributed by atoms with Crippen LogP contribution in [0.3, 0.4) is 0 Å². The number of ether oxygens (including phenoxy) is 1. The van der Waals surface area contributed by atoms with Crippen molar-refractivity contribution >= 4 is 5.69 Å². The lowest BCUT2D eigenvalue weighted by Gasteiger charge is -2.05. The van der Waals surface area contributed by atoms with Crippen molar-refractivity contribution in [2.45, 2.75) is 6.61 Å². The minimum atomic E-state index is -2.88. The number of halogens is 3. The molecular weight excluding hydrogens is 309 g/mol. The fourth-order valence-corrected chi connectivity index (χ4v) is 1.97. The molecule has 0 unspecified atom stereocenters. The molecule has 3 aromatic rings. The van der Waals surface area contributed by atoms with Crippen LogP contribution in [0.5, 0.6) is 5.75 Å². The summed E-state index contributed by atoms with van der Waals surface area (Å²) < 4.78 is 43.4. The summed E-state index contributed by atoms with van der Waals surface area (Å²) in [5.74, 6) is -0.186. The SMILES string of the molecule is Nc1ccc(-c2ncn(-c3ccc(OC(F)F)cc3)n2)cc1F. The van der Waals surface area contributed by atoms with Gasteiger partial charge in [-0.3, -0.25) is 0 Å². The fraction of sp³-hybridized carbons (Fsp3) is 0.0667. The molecule has 0 saturated carbocycles. The van der Waals surface area contributed by atoms with Gasteiger partial charge >= 0.3 is 6.61 Å². The molecule has 118 valence electrons. The van der Waals surface area contributed by atoms with Crippen molar-refractivity contribution in [3.63, 3.8) is 0 Å². The molecule has 5 nitrogen and oxygen atoms in total. The van der Waals surface area contributed by atoms with E-state index in [1.165, 1.54) is 35.3 Å². The van der Waals surface area contributed by atoms with Crippen LogP contribution in [0.2, 0.25) is 0 Å². The first kappa shape index (κ1) is 14.9. The van der Waals surface area contributed by atoms with Gasteiger partial charge in [-0.25, -0.2) is 14.1 Å². The Kier molecular flexibility index (Phi) is 3.88. The number of hydrogen-bond donors (Lipinski definition) is 1. The van der Waals surface area contributed by atoms with Gasteiger partial charge in [0.05, 0.1) is 11.4 Å². The number of rotatable bonds is 4. The van der Waals surface area contributed by atoms with E-state index in [4.69, 9.17) is 5.73 Å². The molecule has 0 radical (unpaired) electrons. The van der Waals surface area contributed by atoms with E-state index in [2.05, 4.69) is 14.8 Å². The minimum Gasteiger partial charge on any atom is -0.435 e. The monoisotopic (exact) mass is 320 g/mol. The van der Waals surface area contributed by atoms with Gasteiger partial charge in [-0.1, -0.05) is 0 Å². The first-order valence-electron chi connectivity index (χ1n) is 6.55. The van der Waals surface area contributed by atoms with E-state index in [-0.39, 0.29) is 11.4 Å². The zero-order valence-electron chi connectivity index (χ0n) is 11.7. The number of nitrogens with zero attached hydrogens (tertiary/aromatic N) is 3. The van der Waals surface area contributed by atoms with E-state index in [1.807, 2.05) is 0 Å². The van der Waals surface area contributed by atoms with E-state index in [9.17, 15) is 13.2 Å². The summed E-state index contributed by atoms with van der Waals surface area (Å²) in [6.07, 6.45) is 1.44. The van der Waals surface area contributed by atoms with Gasteiger partial charge in [-0.15, -0.1) is 5.10 Å². The van der Waals surface area contributed by atoms with Gasteiger partial charge in [0, 0.05) is 5.56 Å². The summed E-state index contributed by atoms with van der Waals surface area (Å²) in [5.41, 5.74) is 6.55. The molecule has 0 aliphatic rings. The zero-order valence-corrected chi connectivity index (χ0v) is 11.7. The van der Waals surface area contributed by atoms with Crippen molar-refractivity contribution in [1.82, 2.24) is 14.8 Å². The van der Waals surface area contributed by atoms with Crippen LogP contribution < -0.4 is 10.5 Å². The lowest BCUT2D eigenvalue weighted by Crippen LogP contribution is -2.02. The lowest BCUT2D eigenvalue weighted by atomic mass is 10.2. The highest BCUT2D eigenvalue weighted by atomic mass is 19.3. The van der Waals surface area contributed by atoms with Crippen molar-refractivity contribution < 1.29 is 17.9 Å².